The van der Waals surface area contributed by atoms with Crippen molar-refractivity contribution in [3.63, 3.8) is 0 Å². The van der Waals surface area contributed by atoms with E-state index in [1.807, 2.05) is 14.0 Å². The molecule has 1 aromatic rings. The van der Waals surface area contributed by atoms with Crippen LogP contribution in [0.15, 0.2) is 0 Å². The summed E-state index contributed by atoms with van der Waals surface area (Å²) in [6.07, 6.45) is 7.40. The first-order valence-corrected chi connectivity index (χ1v) is 6.84. The number of halogens is 1. The third-order valence-corrected chi connectivity index (χ3v) is 4.64. The molecule has 96 valence electrons. The molecule has 1 heterocycles. The van der Waals surface area contributed by atoms with Gasteiger partial charge in [0, 0.05) is 12.6 Å². The van der Waals surface area contributed by atoms with Crippen LogP contribution in [0.3, 0.4) is 0 Å². The molecule has 0 bridgehead atoms. The second kappa shape index (κ2) is 4.99. The van der Waals surface area contributed by atoms with Gasteiger partial charge in [0.1, 0.15) is 5.15 Å². The Balaban J connectivity index is 2.23. The van der Waals surface area contributed by atoms with Crippen LogP contribution >= 0.6 is 11.6 Å². The van der Waals surface area contributed by atoms with E-state index in [1.165, 1.54) is 37.7 Å². The number of nitrogens with two attached hydrogens (primary N) is 1. The molecule has 2 N–H and O–H groups in total. The number of aromatic nitrogens is 2. The molecule has 0 amide bonds. The molecule has 0 saturated heterocycles. The Morgan fingerprint density at radius 2 is 2.00 bits per heavy atom. The van der Waals surface area contributed by atoms with E-state index in [-0.39, 0.29) is 5.41 Å². The minimum absolute atomic E-state index is 0.260. The smallest absolute Gasteiger partial charge is 0.130 e. The highest BCUT2D eigenvalue weighted by molar-refractivity contribution is 6.30. The highest BCUT2D eigenvalue weighted by atomic mass is 35.5. The quantitative estimate of drug-likeness (QED) is 0.903. The van der Waals surface area contributed by atoms with Crippen LogP contribution in [0.1, 0.15) is 43.4 Å². The average Bonchev–Trinajstić information content (AvgIpc) is 2.57. The Labute approximate surface area is 108 Å². The largest absolute Gasteiger partial charge is 0.330 e. The Morgan fingerprint density at radius 3 is 2.47 bits per heavy atom. The van der Waals surface area contributed by atoms with Gasteiger partial charge in [0.2, 0.25) is 0 Å². The van der Waals surface area contributed by atoms with Crippen LogP contribution in [0.25, 0.3) is 0 Å². The van der Waals surface area contributed by atoms with E-state index in [1.54, 1.807) is 4.68 Å². The van der Waals surface area contributed by atoms with E-state index in [2.05, 4.69) is 5.10 Å². The van der Waals surface area contributed by atoms with Crippen molar-refractivity contribution >= 4 is 11.6 Å². The maximum atomic E-state index is 6.31. The molecule has 0 radical (unpaired) electrons. The summed E-state index contributed by atoms with van der Waals surface area (Å²) in [5, 5.41) is 5.16. The van der Waals surface area contributed by atoms with Gasteiger partial charge in [-0.25, -0.2) is 0 Å². The molecule has 0 unspecified atom stereocenters. The lowest BCUT2D eigenvalue weighted by atomic mass is 9.70. The lowest BCUT2D eigenvalue weighted by Gasteiger charge is -2.36. The van der Waals surface area contributed by atoms with E-state index in [4.69, 9.17) is 17.3 Å². The van der Waals surface area contributed by atoms with Crippen molar-refractivity contribution in [3.05, 3.63) is 16.4 Å². The van der Waals surface area contributed by atoms with Crippen LogP contribution in [0, 0.1) is 12.3 Å². The van der Waals surface area contributed by atoms with Gasteiger partial charge in [-0.2, -0.15) is 5.10 Å². The Morgan fingerprint density at radius 1 is 1.35 bits per heavy atom. The fourth-order valence-electron chi connectivity index (χ4n) is 3.00. The van der Waals surface area contributed by atoms with Crippen molar-refractivity contribution in [1.29, 1.82) is 0 Å². The summed E-state index contributed by atoms with van der Waals surface area (Å²) in [6.45, 7) is 2.80. The van der Waals surface area contributed by atoms with E-state index in [9.17, 15) is 0 Å². The molecule has 1 saturated carbocycles. The maximum Gasteiger partial charge on any atom is 0.130 e. The first kappa shape index (κ1) is 12.9. The minimum Gasteiger partial charge on any atom is -0.330 e. The molecule has 17 heavy (non-hydrogen) atoms. The number of aryl methyl sites for hydroxylation is 2. The van der Waals surface area contributed by atoms with Crippen molar-refractivity contribution in [1.82, 2.24) is 9.78 Å². The van der Waals surface area contributed by atoms with E-state index < -0.39 is 0 Å². The van der Waals surface area contributed by atoms with Gasteiger partial charge in [-0.15, -0.1) is 0 Å². The molecule has 1 aliphatic rings. The molecular weight excluding hydrogens is 234 g/mol. The SMILES string of the molecule is Cc1nn(C)c(Cl)c1CC1(CN)CCCCC1. The van der Waals surface area contributed by atoms with Gasteiger partial charge < -0.3 is 5.73 Å². The van der Waals surface area contributed by atoms with E-state index in [0.717, 1.165) is 23.8 Å². The molecule has 1 aromatic heterocycles. The summed E-state index contributed by atoms with van der Waals surface area (Å²) in [5.41, 5.74) is 8.53. The Kier molecular flexibility index (Phi) is 3.79. The zero-order valence-electron chi connectivity index (χ0n) is 10.8. The topological polar surface area (TPSA) is 43.8 Å². The van der Waals surface area contributed by atoms with Gasteiger partial charge in [0.05, 0.1) is 5.69 Å². The van der Waals surface area contributed by atoms with Crippen molar-refractivity contribution in [2.24, 2.45) is 18.2 Å². The number of nitrogens with zero attached hydrogens (tertiary/aromatic N) is 2. The summed E-state index contributed by atoms with van der Waals surface area (Å²) in [7, 11) is 1.90. The third-order valence-electron chi connectivity index (χ3n) is 4.17. The lowest BCUT2D eigenvalue weighted by Crippen LogP contribution is -2.35. The standard InChI is InChI=1S/C13H22ClN3/c1-10-11(12(14)17(2)16-10)8-13(9-15)6-4-3-5-7-13/h3-9,15H2,1-2H3. The van der Waals surface area contributed by atoms with Crippen LogP contribution in [0.5, 0.6) is 0 Å². The highest BCUT2D eigenvalue weighted by Gasteiger charge is 2.32. The molecule has 4 heteroatoms. The van der Waals surface area contributed by atoms with Gasteiger partial charge in [-0.3, -0.25) is 4.68 Å². The molecule has 3 nitrogen and oxygen atoms in total. The van der Waals surface area contributed by atoms with Crippen molar-refractivity contribution in [2.75, 3.05) is 6.54 Å². The summed E-state index contributed by atoms with van der Waals surface area (Å²) >= 11 is 6.31. The van der Waals surface area contributed by atoms with Gasteiger partial charge >= 0.3 is 0 Å². The van der Waals surface area contributed by atoms with Crippen molar-refractivity contribution in [2.45, 2.75) is 45.4 Å². The molecule has 0 aromatic carbocycles. The van der Waals surface area contributed by atoms with Crippen molar-refractivity contribution in [3.8, 4) is 0 Å². The molecule has 1 aliphatic carbocycles. The van der Waals surface area contributed by atoms with Gasteiger partial charge in [-0.1, -0.05) is 30.9 Å². The third kappa shape index (κ3) is 2.50. The van der Waals surface area contributed by atoms with E-state index >= 15 is 0 Å². The van der Waals surface area contributed by atoms with Crippen molar-refractivity contribution < 1.29 is 0 Å². The van der Waals surface area contributed by atoms with Crippen LogP contribution in [-0.2, 0) is 13.5 Å². The molecule has 0 aliphatic heterocycles. The molecule has 0 atom stereocenters. The second-order valence-corrected chi connectivity index (χ2v) is 5.78. The Hall–Kier alpha value is -0.540. The zero-order chi connectivity index (χ0) is 12.5. The predicted molar refractivity (Wildman–Crippen MR) is 71.2 cm³/mol. The van der Waals surface area contributed by atoms with Crippen LogP contribution < -0.4 is 5.73 Å². The van der Waals surface area contributed by atoms with Gasteiger partial charge in [0.15, 0.2) is 0 Å². The normalized spacial score (nSPS) is 19.5. The van der Waals surface area contributed by atoms with Gasteiger partial charge in [0.25, 0.3) is 0 Å². The monoisotopic (exact) mass is 255 g/mol. The average molecular weight is 256 g/mol. The number of hydrogen-bond acceptors (Lipinski definition) is 2. The number of hydrogen-bond donors (Lipinski definition) is 1. The number of rotatable bonds is 3. The first-order chi connectivity index (χ1) is 8.08. The molecular formula is C13H22ClN3. The lowest BCUT2D eigenvalue weighted by molar-refractivity contribution is 0.197. The second-order valence-electron chi connectivity index (χ2n) is 5.42. The van der Waals surface area contributed by atoms with Crippen LogP contribution in [0.4, 0.5) is 0 Å². The maximum absolute atomic E-state index is 6.31. The predicted octanol–water partition coefficient (Wildman–Crippen LogP) is 2.83. The van der Waals surface area contributed by atoms with Crippen LogP contribution in [-0.4, -0.2) is 16.3 Å². The fraction of sp³-hybridized carbons (Fsp3) is 0.769. The summed E-state index contributed by atoms with van der Waals surface area (Å²) in [6, 6.07) is 0. The molecule has 0 spiro atoms. The molecule has 1 fully saturated rings. The van der Waals surface area contributed by atoms with Crippen LogP contribution in [0.2, 0.25) is 5.15 Å². The first-order valence-electron chi connectivity index (χ1n) is 6.46. The summed E-state index contributed by atoms with van der Waals surface area (Å²) in [5.74, 6) is 0. The summed E-state index contributed by atoms with van der Waals surface area (Å²) in [4.78, 5) is 0. The highest BCUT2D eigenvalue weighted by Crippen LogP contribution is 2.40. The van der Waals surface area contributed by atoms with E-state index in [0.29, 0.717) is 0 Å². The van der Waals surface area contributed by atoms with Gasteiger partial charge in [-0.05, 0) is 38.1 Å². The fourth-order valence-corrected chi connectivity index (χ4v) is 3.25. The minimum atomic E-state index is 0.260. The summed E-state index contributed by atoms with van der Waals surface area (Å²) < 4.78 is 1.76. The molecule has 2 rings (SSSR count). The zero-order valence-corrected chi connectivity index (χ0v) is 11.6. The Bertz CT molecular complexity index is 392.